The topological polar surface area (TPSA) is 63.6 Å². The SMILES string of the molecule is Cc1cc(C(=O)CSc2n[nH]c(CC3CCCC3)n2)c(C)n1C. The van der Waals surface area contributed by atoms with Gasteiger partial charge in [-0.2, -0.15) is 0 Å². The molecule has 1 aliphatic rings. The second kappa shape index (κ2) is 6.91. The summed E-state index contributed by atoms with van der Waals surface area (Å²) in [6.07, 6.45) is 6.26. The van der Waals surface area contributed by atoms with E-state index in [-0.39, 0.29) is 5.78 Å². The van der Waals surface area contributed by atoms with E-state index in [0.717, 1.165) is 35.1 Å². The largest absolute Gasteiger partial charge is 0.351 e. The van der Waals surface area contributed by atoms with Gasteiger partial charge in [0, 0.05) is 30.4 Å². The zero-order valence-electron chi connectivity index (χ0n) is 14.1. The molecule has 2 aromatic rings. The molecule has 0 bridgehead atoms. The van der Waals surface area contributed by atoms with Gasteiger partial charge < -0.3 is 4.57 Å². The Balaban J connectivity index is 1.56. The van der Waals surface area contributed by atoms with Gasteiger partial charge in [-0.05, 0) is 25.8 Å². The van der Waals surface area contributed by atoms with Crippen LogP contribution in [-0.4, -0.2) is 31.3 Å². The van der Waals surface area contributed by atoms with Gasteiger partial charge in [-0.15, -0.1) is 5.10 Å². The van der Waals surface area contributed by atoms with Crippen LogP contribution in [0.4, 0.5) is 0 Å². The Bertz CT molecular complexity index is 698. The van der Waals surface area contributed by atoms with Crippen LogP contribution in [-0.2, 0) is 13.5 Å². The number of thioether (sulfide) groups is 1. The van der Waals surface area contributed by atoms with Gasteiger partial charge in [0.25, 0.3) is 0 Å². The predicted molar refractivity (Wildman–Crippen MR) is 92.0 cm³/mol. The van der Waals surface area contributed by atoms with Crippen molar-refractivity contribution in [2.24, 2.45) is 13.0 Å². The number of H-pyrrole nitrogens is 1. The molecule has 0 aliphatic heterocycles. The summed E-state index contributed by atoms with van der Waals surface area (Å²) in [5.74, 6) is 2.22. The number of nitrogens with zero attached hydrogens (tertiary/aromatic N) is 3. The standard InChI is InChI=1S/C17H24N4OS/c1-11-8-14(12(2)21(11)3)15(22)10-23-17-18-16(19-20-17)9-13-6-4-5-7-13/h8,13H,4-7,9-10H2,1-3H3,(H,18,19,20). The van der Waals surface area contributed by atoms with Crippen molar-refractivity contribution in [3.63, 3.8) is 0 Å². The molecular weight excluding hydrogens is 308 g/mol. The van der Waals surface area contributed by atoms with Gasteiger partial charge in [0.1, 0.15) is 5.82 Å². The molecule has 0 radical (unpaired) electrons. The number of carbonyl (C=O) groups is 1. The third-order valence-electron chi connectivity index (χ3n) is 4.88. The summed E-state index contributed by atoms with van der Waals surface area (Å²) in [5, 5.41) is 7.94. The van der Waals surface area contributed by atoms with E-state index in [1.807, 2.05) is 31.5 Å². The Kier molecular flexibility index (Phi) is 4.90. The van der Waals surface area contributed by atoms with Gasteiger partial charge >= 0.3 is 0 Å². The van der Waals surface area contributed by atoms with Crippen molar-refractivity contribution in [1.82, 2.24) is 19.7 Å². The monoisotopic (exact) mass is 332 g/mol. The number of hydrogen-bond donors (Lipinski definition) is 1. The lowest BCUT2D eigenvalue weighted by Gasteiger charge is -2.04. The average Bonchev–Trinajstić information content (AvgIpc) is 3.25. The molecule has 3 rings (SSSR count). The van der Waals surface area contributed by atoms with Gasteiger partial charge in [0.05, 0.1) is 5.75 Å². The van der Waals surface area contributed by atoms with Crippen molar-refractivity contribution < 1.29 is 4.79 Å². The normalized spacial score (nSPS) is 15.4. The fraction of sp³-hybridized carbons (Fsp3) is 0.588. The number of aromatic nitrogens is 4. The van der Waals surface area contributed by atoms with E-state index in [1.54, 1.807) is 0 Å². The number of hydrogen-bond acceptors (Lipinski definition) is 4. The van der Waals surface area contributed by atoms with Crippen LogP contribution >= 0.6 is 11.8 Å². The van der Waals surface area contributed by atoms with Crippen LogP contribution < -0.4 is 0 Å². The smallest absolute Gasteiger partial charge is 0.208 e. The zero-order chi connectivity index (χ0) is 16.4. The number of Topliss-reactive ketones (excluding diaryl/α,β-unsaturated/α-hetero) is 1. The molecule has 0 aromatic carbocycles. The molecule has 0 spiro atoms. The zero-order valence-corrected chi connectivity index (χ0v) is 14.9. The molecule has 0 unspecified atom stereocenters. The third-order valence-corrected chi connectivity index (χ3v) is 5.72. The van der Waals surface area contributed by atoms with Crippen molar-refractivity contribution in [3.05, 3.63) is 28.8 Å². The van der Waals surface area contributed by atoms with Gasteiger partial charge in [-0.1, -0.05) is 37.4 Å². The Morgan fingerprint density at radius 2 is 2.13 bits per heavy atom. The van der Waals surface area contributed by atoms with Crippen molar-refractivity contribution in [2.75, 3.05) is 5.75 Å². The third kappa shape index (κ3) is 3.68. The molecule has 0 saturated heterocycles. The molecule has 5 nitrogen and oxygen atoms in total. The molecule has 1 fully saturated rings. The van der Waals surface area contributed by atoms with E-state index >= 15 is 0 Å². The van der Waals surface area contributed by atoms with Crippen LogP contribution in [0.3, 0.4) is 0 Å². The first-order valence-electron chi connectivity index (χ1n) is 8.24. The van der Waals surface area contributed by atoms with Crippen LogP contribution in [0.2, 0.25) is 0 Å². The molecule has 124 valence electrons. The predicted octanol–water partition coefficient (Wildman–Crippen LogP) is 3.47. The fourth-order valence-corrected chi connectivity index (χ4v) is 3.97. The molecule has 23 heavy (non-hydrogen) atoms. The molecule has 2 heterocycles. The first-order valence-corrected chi connectivity index (χ1v) is 9.23. The molecule has 2 aromatic heterocycles. The Morgan fingerprint density at radius 3 is 2.78 bits per heavy atom. The van der Waals surface area contributed by atoms with E-state index in [1.165, 1.54) is 37.4 Å². The van der Waals surface area contributed by atoms with Crippen LogP contribution in [0.25, 0.3) is 0 Å². The molecule has 0 amide bonds. The van der Waals surface area contributed by atoms with E-state index in [2.05, 4.69) is 15.2 Å². The maximum Gasteiger partial charge on any atom is 0.208 e. The van der Waals surface area contributed by atoms with E-state index in [0.29, 0.717) is 10.9 Å². The maximum absolute atomic E-state index is 12.4. The van der Waals surface area contributed by atoms with Gasteiger partial charge in [-0.3, -0.25) is 9.89 Å². The number of carbonyl (C=O) groups excluding carboxylic acids is 1. The highest BCUT2D eigenvalue weighted by molar-refractivity contribution is 7.99. The fourth-order valence-electron chi connectivity index (χ4n) is 3.27. The lowest BCUT2D eigenvalue weighted by molar-refractivity contribution is 0.102. The first-order chi connectivity index (χ1) is 11.0. The summed E-state index contributed by atoms with van der Waals surface area (Å²) < 4.78 is 2.05. The molecule has 1 saturated carbocycles. The van der Waals surface area contributed by atoms with E-state index in [4.69, 9.17) is 0 Å². The Morgan fingerprint density at radius 1 is 1.39 bits per heavy atom. The highest BCUT2D eigenvalue weighted by Gasteiger charge is 2.18. The molecule has 6 heteroatoms. The number of nitrogens with one attached hydrogen (secondary N) is 1. The summed E-state index contributed by atoms with van der Waals surface area (Å²) in [4.78, 5) is 16.9. The number of ketones is 1. The van der Waals surface area contributed by atoms with Crippen molar-refractivity contribution in [3.8, 4) is 0 Å². The highest BCUT2D eigenvalue weighted by atomic mass is 32.2. The Hall–Kier alpha value is -1.56. The molecular formula is C17H24N4OS. The number of aromatic amines is 1. The quantitative estimate of drug-likeness (QED) is 0.650. The average molecular weight is 332 g/mol. The highest BCUT2D eigenvalue weighted by Crippen LogP contribution is 2.27. The van der Waals surface area contributed by atoms with Crippen LogP contribution in [0.15, 0.2) is 11.2 Å². The maximum atomic E-state index is 12.4. The minimum atomic E-state index is 0.137. The second-order valence-corrected chi connectivity index (χ2v) is 7.42. The van der Waals surface area contributed by atoms with Gasteiger partial charge in [0.15, 0.2) is 5.78 Å². The number of rotatable bonds is 6. The summed E-state index contributed by atoms with van der Waals surface area (Å²) >= 11 is 1.41. The number of aryl methyl sites for hydroxylation is 1. The molecule has 1 aliphatic carbocycles. The van der Waals surface area contributed by atoms with Crippen molar-refractivity contribution in [2.45, 2.75) is 51.1 Å². The van der Waals surface area contributed by atoms with Crippen molar-refractivity contribution in [1.29, 1.82) is 0 Å². The molecule has 1 N–H and O–H groups in total. The summed E-state index contributed by atoms with van der Waals surface area (Å²) in [7, 11) is 1.99. The minimum Gasteiger partial charge on any atom is -0.351 e. The van der Waals surface area contributed by atoms with E-state index in [9.17, 15) is 4.79 Å². The summed E-state index contributed by atoms with van der Waals surface area (Å²) in [6.45, 7) is 4.00. The summed E-state index contributed by atoms with van der Waals surface area (Å²) in [5.41, 5.74) is 2.93. The van der Waals surface area contributed by atoms with E-state index < -0.39 is 0 Å². The van der Waals surface area contributed by atoms with Gasteiger partial charge in [-0.25, -0.2) is 4.98 Å². The van der Waals surface area contributed by atoms with Crippen LogP contribution in [0.5, 0.6) is 0 Å². The second-order valence-electron chi connectivity index (χ2n) is 6.47. The lowest BCUT2D eigenvalue weighted by atomic mass is 10.0. The van der Waals surface area contributed by atoms with Gasteiger partial charge in [0.2, 0.25) is 5.16 Å². The van der Waals surface area contributed by atoms with Crippen molar-refractivity contribution >= 4 is 17.5 Å². The summed E-state index contributed by atoms with van der Waals surface area (Å²) in [6, 6.07) is 1.96. The lowest BCUT2D eigenvalue weighted by Crippen LogP contribution is -2.04. The first kappa shape index (κ1) is 16.3. The minimum absolute atomic E-state index is 0.137. The van der Waals surface area contributed by atoms with Crippen LogP contribution in [0.1, 0.15) is 53.3 Å². The van der Waals surface area contributed by atoms with Crippen LogP contribution in [0, 0.1) is 19.8 Å². The molecule has 0 atom stereocenters. The Labute approximate surface area is 141 Å².